The lowest BCUT2D eigenvalue weighted by atomic mass is 10.1. The molecule has 67 heavy (non-hydrogen) atoms. The summed E-state index contributed by atoms with van der Waals surface area (Å²) in [4.78, 5) is 13.3. The predicted molar refractivity (Wildman–Crippen MR) is 245 cm³/mol. The molecular formula is C39H36N12O13S3. The molecular weight excluding hydrogens is 941 g/mol. The molecule has 7 aromatic rings. The van der Waals surface area contributed by atoms with E-state index in [-0.39, 0.29) is 100 Å². The largest absolute Gasteiger partial charge is 0.507 e. The number of aliphatic hydroxyl groups excluding tert-OH is 2. The first-order valence-electron chi connectivity index (χ1n) is 19.0. The summed E-state index contributed by atoms with van der Waals surface area (Å²) in [5.74, 6) is -1.28. The van der Waals surface area contributed by atoms with Gasteiger partial charge < -0.3 is 51.6 Å². The van der Waals surface area contributed by atoms with Crippen molar-refractivity contribution in [1.29, 1.82) is 0 Å². The van der Waals surface area contributed by atoms with E-state index in [1.54, 1.807) is 30.3 Å². The van der Waals surface area contributed by atoms with Crippen LogP contribution in [0.25, 0.3) is 21.5 Å². The first-order valence-corrected chi connectivity index (χ1v) is 22.9. The Balaban J connectivity index is 1.17. The minimum absolute atomic E-state index is 0.00600. The zero-order valence-corrected chi connectivity index (χ0v) is 36.5. The lowest BCUT2D eigenvalue weighted by Gasteiger charge is -2.21. The van der Waals surface area contributed by atoms with Gasteiger partial charge in [-0.2, -0.15) is 41.1 Å². The summed E-state index contributed by atoms with van der Waals surface area (Å²) in [6.07, 6.45) is 0. The van der Waals surface area contributed by atoms with E-state index in [1.807, 2.05) is 0 Å². The van der Waals surface area contributed by atoms with Gasteiger partial charge in [-0.1, -0.05) is 12.1 Å². The average molecular weight is 977 g/mol. The highest BCUT2D eigenvalue weighted by atomic mass is 32.2. The fourth-order valence-electron chi connectivity index (χ4n) is 6.46. The van der Waals surface area contributed by atoms with Crippen LogP contribution in [0.3, 0.4) is 0 Å². The third-order valence-corrected chi connectivity index (χ3v) is 11.4. The molecule has 348 valence electrons. The molecule has 0 fully saturated rings. The van der Waals surface area contributed by atoms with Crippen LogP contribution < -0.4 is 31.2 Å². The molecule has 28 heteroatoms. The van der Waals surface area contributed by atoms with Crippen LogP contribution in [0.1, 0.15) is 0 Å². The van der Waals surface area contributed by atoms with Crippen LogP contribution in [0.4, 0.5) is 63.3 Å². The maximum absolute atomic E-state index is 12.7. The van der Waals surface area contributed by atoms with Crippen molar-refractivity contribution < 1.29 is 59.3 Å². The molecule has 0 bridgehead atoms. The molecule has 0 aliphatic carbocycles. The van der Waals surface area contributed by atoms with Gasteiger partial charge in [0.15, 0.2) is 0 Å². The molecule has 1 unspecified atom stereocenters. The zero-order valence-electron chi connectivity index (χ0n) is 34.0. The molecule has 0 saturated carbocycles. The van der Waals surface area contributed by atoms with Gasteiger partial charge in [-0.15, -0.1) is 15.3 Å². The van der Waals surface area contributed by atoms with Gasteiger partial charge in [-0.05, 0) is 77.5 Å². The van der Waals surface area contributed by atoms with E-state index >= 15 is 0 Å². The van der Waals surface area contributed by atoms with Gasteiger partial charge in [0.25, 0.3) is 20.2 Å². The Morgan fingerprint density at radius 1 is 0.657 bits per heavy atom. The Hall–Kier alpha value is -7.70. The number of phenols is 2. The summed E-state index contributed by atoms with van der Waals surface area (Å²) in [5, 5.41) is 63.8. The number of aromatic nitrogens is 3. The van der Waals surface area contributed by atoms with Crippen LogP contribution in [0.5, 0.6) is 17.2 Å². The van der Waals surface area contributed by atoms with Gasteiger partial charge in [-0.3, -0.25) is 13.7 Å². The highest BCUT2D eigenvalue weighted by molar-refractivity contribution is 7.86. The predicted octanol–water partition coefficient (Wildman–Crippen LogP) is 5.87. The molecule has 0 radical (unpaired) electrons. The lowest BCUT2D eigenvalue weighted by molar-refractivity contribution is 0.280. The van der Waals surface area contributed by atoms with Crippen molar-refractivity contribution in [1.82, 2.24) is 15.0 Å². The molecule has 1 heterocycles. The van der Waals surface area contributed by atoms with Gasteiger partial charge >= 0.3 is 11.4 Å². The Morgan fingerprint density at radius 2 is 1.21 bits per heavy atom. The van der Waals surface area contributed by atoms with Crippen molar-refractivity contribution in [2.75, 3.05) is 53.3 Å². The van der Waals surface area contributed by atoms with Crippen LogP contribution >= 0.6 is 0 Å². The molecule has 0 saturated heterocycles. The summed E-state index contributed by atoms with van der Waals surface area (Å²) < 4.78 is 93.4. The fourth-order valence-corrected chi connectivity index (χ4v) is 7.90. The molecule has 7 rings (SSSR count). The van der Waals surface area contributed by atoms with Crippen molar-refractivity contribution in [3.63, 3.8) is 0 Å². The lowest BCUT2D eigenvalue weighted by Crippen LogP contribution is -2.31. The fraction of sp³-hybridized carbons (Fsp3) is 0.103. The van der Waals surface area contributed by atoms with E-state index in [4.69, 9.17) is 20.2 Å². The second-order valence-corrected chi connectivity index (χ2v) is 17.3. The average Bonchev–Trinajstić information content (AvgIpc) is 3.25. The Bertz CT molecular complexity index is 3360. The van der Waals surface area contributed by atoms with Crippen molar-refractivity contribution >= 4 is 116 Å². The molecule has 0 aliphatic heterocycles. The van der Waals surface area contributed by atoms with E-state index in [0.29, 0.717) is 16.8 Å². The number of nitrogen functional groups attached to an aromatic ring is 2. The smallest absolute Gasteiger partial charge is 0.357 e. The number of hydrogen-bond donors (Lipinski definition) is 11. The highest BCUT2D eigenvalue weighted by Gasteiger charge is 2.21. The van der Waals surface area contributed by atoms with Crippen molar-refractivity contribution in [3.8, 4) is 17.2 Å². The maximum Gasteiger partial charge on any atom is 0.357 e. The monoisotopic (exact) mass is 976 g/mol. The van der Waals surface area contributed by atoms with Gasteiger partial charge in [0.2, 0.25) is 17.8 Å². The minimum Gasteiger partial charge on any atom is -0.507 e. The summed E-state index contributed by atoms with van der Waals surface area (Å²) in [6, 6.07) is 20.0. The molecule has 0 amide bonds. The van der Waals surface area contributed by atoms with Gasteiger partial charge in [0.05, 0.1) is 45.9 Å². The number of anilines is 7. The number of hydrogen-bond acceptors (Lipinski definition) is 22. The summed E-state index contributed by atoms with van der Waals surface area (Å²) in [5.41, 5.74) is 12.7. The number of rotatable bonds is 17. The van der Waals surface area contributed by atoms with Crippen molar-refractivity contribution in [3.05, 3.63) is 91.0 Å². The number of nitrogens with two attached hydrogens (primary N) is 2. The van der Waals surface area contributed by atoms with E-state index < -0.39 is 52.8 Å². The van der Waals surface area contributed by atoms with Gasteiger partial charge in [0, 0.05) is 36.6 Å². The van der Waals surface area contributed by atoms with E-state index in [2.05, 4.69) is 46.0 Å². The number of nitrogens with zero attached hydrogens (tertiary/aromatic N) is 8. The minimum atomic E-state index is -5.01. The summed E-state index contributed by atoms with van der Waals surface area (Å²) >= 11 is -2.62. The molecule has 0 aliphatic rings. The number of fused-ring (bicyclic) bond motifs is 2. The second kappa shape index (κ2) is 19.4. The first-order chi connectivity index (χ1) is 31.8. The number of nitrogens with one attached hydrogen (secondary N) is 2. The van der Waals surface area contributed by atoms with Crippen molar-refractivity contribution in [2.45, 2.75) is 9.79 Å². The van der Waals surface area contributed by atoms with E-state index in [1.165, 1.54) is 41.3 Å². The summed E-state index contributed by atoms with van der Waals surface area (Å²) in [6.45, 7) is -0.703. The number of phenolic OH excluding ortho intramolecular Hbond substituents is 2. The van der Waals surface area contributed by atoms with Crippen LogP contribution in [-0.2, 0) is 31.6 Å². The first kappa shape index (κ1) is 47.3. The molecule has 1 atom stereocenters. The van der Waals surface area contributed by atoms with Crippen LogP contribution in [0, 0.1) is 0 Å². The van der Waals surface area contributed by atoms with Crippen LogP contribution in [0.2, 0.25) is 0 Å². The highest BCUT2D eigenvalue weighted by Crippen LogP contribution is 2.43. The molecule has 0 spiro atoms. The topological polar surface area (TPSA) is 404 Å². The molecule has 13 N–H and O–H groups in total. The third-order valence-electron chi connectivity index (χ3n) is 9.40. The SMILES string of the molecule is Nc1ccc2cc(OS(=O)O)cc(O)c2c1N=Nc1ccc(Nc2nc(Nc3ccc(N=Nc4c(N)ccc5cc(S(=O)(=O)O)cc(O)c45)c(S(=O)(=O)O)c3)nc(N(CCO)CCO)n2)cc1. The number of aromatic hydroxyl groups is 2. The Kier molecular flexibility index (Phi) is 13.7. The second-order valence-electron chi connectivity index (χ2n) is 13.9. The standard InChI is InChI=1S/C39H36N12O13S3/c40-27-8-1-20-15-25(64-65(56)57)18-30(54)33(20)35(27)49-47-23-5-3-22(4-6-23)42-37-44-38(46-39(45-37)51(11-13-52)12-14-53)43-24-7-10-29(32(17-24)67(61,62)63)48-50-36-28(41)9-2-21-16-26(66(58,59)60)19-31(55)34(21)36/h1-10,15-19,52-55H,11-14,40-41H2,(H,56,57)(H,58,59,60)(H,61,62,63)(H2,42,43,44,45,46). The van der Waals surface area contributed by atoms with E-state index in [0.717, 1.165) is 24.3 Å². The Labute approximate surface area is 381 Å². The van der Waals surface area contributed by atoms with Crippen LogP contribution in [0.15, 0.2) is 121 Å². The van der Waals surface area contributed by atoms with Crippen molar-refractivity contribution in [2.24, 2.45) is 20.5 Å². The van der Waals surface area contributed by atoms with E-state index in [9.17, 15) is 50.6 Å². The number of benzene rings is 6. The molecule has 25 nitrogen and oxygen atoms in total. The molecule has 1 aromatic heterocycles. The molecule has 6 aromatic carbocycles. The quantitative estimate of drug-likeness (QED) is 0.0220. The van der Waals surface area contributed by atoms with Gasteiger partial charge in [0.1, 0.15) is 39.2 Å². The normalized spacial score (nSPS) is 12.6. The maximum atomic E-state index is 12.7. The van der Waals surface area contributed by atoms with Gasteiger partial charge in [-0.25, -0.2) is 0 Å². The number of aliphatic hydroxyl groups is 2. The van der Waals surface area contributed by atoms with Crippen LogP contribution in [-0.4, -0.2) is 96.4 Å². The Morgan fingerprint density at radius 3 is 1.78 bits per heavy atom. The zero-order chi connectivity index (χ0) is 48.2. The third kappa shape index (κ3) is 11.1. The number of azo groups is 2. The summed E-state index contributed by atoms with van der Waals surface area (Å²) in [7, 11) is -9.72.